The van der Waals surface area contributed by atoms with E-state index in [-0.39, 0.29) is 18.2 Å². The number of carbonyl (C=O) groups is 3. The molecule has 30 heavy (non-hydrogen) atoms. The van der Waals surface area contributed by atoms with Gasteiger partial charge in [0.15, 0.2) is 5.82 Å². The van der Waals surface area contributed by atoms with Gasteiger partial charge in [0, 0.05) is 5.56 Å². The minimum atomic E-state index is -0.865. The molecule has 2 heterocycles. The Labute approximate surface area is 173 Å². The summed E-state index contributed by atoms with van der Waals surface area (Å²) < 4.78 is 0. The van der Waals surface area contributed by atoms with Crippen molar-refractivity contribution in [2.45, 2.75) is 38.1 Å². The van der Waals surface area contributed by atoms with Gasteiger partial charge in [-0.25, -0.2) is 14.8 Å². The van der Waals surface area contributed by atoms with E-state index in [1.54, 1.807) is 18.2 Å². The van der Waals surface area contributed by atoms with Crippen molar-refractivity contribution in [2.75, 3.05) is 11.9 Å². The maximum absolute atomic E-state index is 12.8. The molecule has 4 rings (SSSR count). The van der Waals surface area contributed by atoms with E-state index in [0.29, 0.717) is 35.8 Å². The van der Waals surface area contributed by atoms with Crippen LogP contribution < -0.4 is 10.6 Å². The number of urea groups is 1. The Bertz CT molecular complexity index is 983. The van der Waals surface area contributed by atoms with E-state index in [0.717, 1.165) is 17.7 Å². The number of carbonyl (C=O) groups excluding carboxylic acids is 3. The van der Waals surface area contributed by atoms with Crippen molar-refractivity contribution in [3.8, 4) is 17.1 Å². The predicted octanol–water partition coefficient (Wildman–Crippen LogP) is 2.29. The van der Waals surface area contributed by atoms with Gasteiger partial charge >= 0.3 is 6.03 Å². The third-order valence-corrected chi connectivity index (χ3v) is 5.72. The van der Waals surface area contributed by atoms with Gasteiger partial charge in [0.1, 0.15) is 17.8 Å². The van der Waals surface area contributed by atoms with Gasteiger partial charge in [-0.2, -0.15) is 0 Å². The SMILES string of the molecule is CC1CCC2(CC1)NC(=O)N(CC(=O)Nc1cnc(-c3cccc(O)c3)nc1)C2=O. The summed E-state index contributed by atoms with van der Waals surface area (Å²) in [5.74, 6) is 0.192. The van der Waals surface area contributed by atoms with Gasteiger partial charge in [-0.15, -0.1) is 0 Å². The summed E-state index contributed by atoms with van der Waals surface area (Å²) in [6.07, 6.45) is 5.80. The zero-order valence-electron chi connectivity index (χ0n) is 16.6. The number of hydrogen-bond acceptors (Lipinski definition) is 6. The molecule has 1 aliphatic carbocycles. The molecule has 1 spiro atoms. The number of nitrogens with zero attached hydrogens (tertiary/aromatic N) is 3. The molecule has 0 radical (unpaired) electrons. The van der Waals surface area contributed by atoms with Crippen molar-refractivity contribution in [3.63, 3.8) is 0 Å². The second-order valence-electron chi connectivity index (χ2n) is 7.98. The first-order chi connectivity index (χ1) is 14.4. The van der Waals surface area contributed by atoms with E-state index in [2.05, 4.69) is 27.5 Å². The van der Waals surface area contributed by atoms with E-state index in [4.69, 9.17) is 0 Å². The molecule has 3 N–H and O–H groups in total. The van der Waals surface area contributed by atoms with E-state index >= 15 is 0 Å². The number of benzene rings is 1. The first-order valence-electron chi connectivity index (χ1n) is 9.92. The zero-order valence-corrected chi connectivity index (χ0v) is 16.6. The van der Waals surface area contributed by atoms with Crippen LogP contribution in [0.1, 0.15) is 32.6 Å². The van der Waals surface area contributed by atoms with Gasteiger partial charge in [0.2, 0.25) is 5.91 Å². The Kier molecular flexibility index (Phi) is 5.11. The van der Waals surface area contributed by atoms with Crippen molar-refractivity contribution in [1.82, 2.24) is 20.2 Å². The molecule has 2 aliphatic rings. The zero-order chi connectivity index (χ0) is 21.3. The maximum atomic E-state index is 12.8. The number of aromatic nitrogens is 2. The molecule has 0 bridgehead atoms. The van der Waals surface area contributed by atoms with Crippen LogP contribution in [0.3, 0.4) is 0 Å². The molecule has 1 aromatic carbocycles. The molecular weight excluding hydrogens is 386 g/mol. The number of nitrogens with one attached hydrogen (secondary N) is 2. The molecule has 9 heteroatoms. The van der Waals surface area contributed by atoms with E-state index < -0.39 is 17.5 Å². The van der Waals surface area contributed by atoms with Gasteiger partial charge < -0.3 is 15.7 Å². The summed E-state index contributed by atoms with van der Waals surface area (Å²) in [4.78, 5) is 46.9. The van der Waals surface area contributed by atoms with Crippen molar-refractivity contribution in [1.29, 1.82) is 0 Å². The van der Waals surface area contributed by atoms with Crippen LogP contribution in [0.25, 0.3) is 11.4 Å². The van der Waals surface area contributed by atoms with Crippen LogP contribution in [-0.4, -0.2) is 49.9 Å². The van der Waals surface area contributed by atoms with E-state index in [9.17, 15) is 19.5 Å². The highest BCUT2D eigenvalue weighted by atomic mass is 16.3. The minimum absolute atomic E-state index is 0.104. The summed E-state index contributed by atoms with van der Waals surface area (Å²) in [5.41, 5.74) is 0.118. The molecule has 1 aromatic heterocycles. The number of aromatic hydroxyl groups is 1. The second-order valence-corrected chi connectivity index (χ2v) is 7.98. The largest absolute Gasteiger partial charge is 0.508 e. The average Bonchev–Trinajstić information content (AvgIpc) is 2.95. The molecule has 156 valence electrons. The highest BCUT2D eigenvalue weighted by Crippen LogP contribution is 2.36. The smallest absolute Gasteiger partial charge is 0.325 e. The van der Waals surface area contributed by atoms with E-state index in [1.807, 2.05) is 0 Å². The molecule has 1 aliphatic heterocycles. The molecule has 9 nitrogen and oxygen atoms in total. The first kappa shape index (κ1) is 19.8. The minimum Gasteiger partial charge on any atom is -0.508 e. The van der Waals surface area contributed by atoms with Crippen LogP contribution in [0.5, 0.6) is 5.75 Å². The van der Waals surface area contributed by atoms with Gasteiger partial charge in [0.05, 0.1) is 18.1 Å². The lowest BCUT2D eigenvalue weighted by molar-refractivity contribution is -0.135. The first-order valence-corrected chi connectivity index (χ1v) is 9.92. The Morgan fingerprint density at radius 1 is 1.27 bits per heavy atom. The Morgan fingerprint density at radius 2 is 1.97 bits per heavy atom. The summed E-state index contributed by atoms with van der Waals surface area (Å²) >= 11 is 0. The number of amides is 4. The fraction of sp³-hybridized carbons (Fsp3) is 0.381. The third kappa shape index (κ3) is 3.83. The second kappa shape index (κ2) is 7.74. The Hall–Kier alpha value is -3.49. The van der Waals surface area contributed by atoms with Crippen LogP contribution in [0.15, 0.2) is 36.7 Å². The summed E-state index contributed by atoms with van der Waals surface area (Å²) in [5, 5.41) is 15.0. The lowest BCUT2D eigenvalue weighted by atomic mass is 9.77. The molecule has 2 aromatic rings. The van der Waals surface area contributed by atoms with Crippen LogP contribution in [0, 0.1) is 5.92 Å². The topological polar surface area (TPSA) is 125 Å². The summed E-state index contributed by atoms with van der Waals surface area (Å²) in [6.45, 7) is 1.77. The average molecular weight is 409 g/mol. The van der Waals surface area contributed by atoms with Gasteiger partial charge in [-0.05, 0) is 43.7 Å². The van der Waals surface area contributed by atoms with Crippen LogP contribution in [0.4, 0.5) is 10.5 Å². The molecule has 1 saturated heterocycles. The highest BCUT2D eigenvalue weighted by Gasteiger charge is 2.52. The summed E-state index contributed by atoms with van der Waals surface area (Å²) in [6, 6.07) is 5.99. The fourth-order valence-corrected chi connectivity index (χ4v) is 3.94. The van der Waals surface area contributed by atoms with E-state index in [1.165, 1.54) is 18.5 Å². The highest BCUT2D eigenvalue weighted by molar-refractivity contribution is 6.10. The lowest BCUT2D eigenvalue weighted by Gasteiger charge is -2.33. The van der Waals surface area contributed by atoms with Crippen molar-refractivity contribution in [3.05, 3.63) is 36.7 Å². The Morgan fingerprint density at radius 3 is 2.63 bits per heavy atom. The quantitative estimate of drug-likeness (QED) is 0.666. The van der Waals surface area contributed by atoms with Crippen molar-refractivity contribution >= 4 is 23.5 Å². The van der Waals surface area contributed by atoms with Gasteiger partial charge in [0.25, 0.3) is 5.91 Å². The number of phenolic OH excluding ortho intramolecular Hbond substituents is 1. The Balaban J connectivity index is 1.39. The fourth-order valence-electron chi connectivity index (χ4n) is 3.94. The van der Waals surface area contributed by atoms with Crippen LogP contribution in [0.2, 0.25) is 0 Å². The van der Waals surface area contributed by atoms with Crippen molar-refractivity contribution in [2.24, 2.45) is 5.92 Å². The number of phenols is 1. The monoisotopic (exact) mass is 409 g/mol. The van der Waals surface area contributed by atoms with Crippen LogP contribution >= 0.6 is 0 Å². The third-order valence-electron chi connectivity index (χ3n) is 5.72. The number of rotatable bonds is 4. The molecule has 0 atom stereocenters. The lowest BCUT2D eigenvalue weighted by Crippen LogP contribution is -2.49. The number of anilines is 1. The summed E-state index contributed by atoms with van der Waals surface area (Å²) in [7, 11) is 0. The molecule has 0 unspecified atom stereocenters. The standard InChI is InChI=1S/C21H23N5O4/c1-13-5-7-21(8-6-13)19(29)26(20(30)25-21)12-17(28)24-15-10-22-18(23-11-15)14-3-2-4-16(27)9-14/h2-4,9-11,13,27H,5-8,12H2,1H3,(H,24,28)(H,25,30). The normalized spacial score (nSPS) is 23.5. The maximum Gasteiger partial charge on any atom is 0.325 e. The number of hydrogen-bond donors (Lipinski definition) is 3. The molecule has 1 saturated carbocycles. The van der Waals surface area contributed by atoms with Gasteiger partial charge in [-0.1, -0.05) is 19.1 Å². The van der Waals surface area contributed by atoms with Crippen LogP contribution in [-0.2, 0) is 9.59 Å². The van der Waals surface area contributed by atoms with Gasteiger partial charge in [-0.3, -0.25) is 14.5 Å². The predicted molar refractivity (Wildman–Crippen MR) is 108 cm³/mol. The number of imide groups is 1. The van der Waals surface area contributed by atoms with Crippen molar-refractivity contribution < 1.29 is 19.5 Å². The molecular formula is C21H23N5O4. The molecule has 2 fully saturated rings. The molecule has 4 amide bonds.